The quantitative estimate of drug-likeness (QED) is 0.0420. The first-order valence-corrected chi connectivity index (χ1v) is 31.5. The molecule has 0 unspecified atom stereocenters. The van der Waals surface area contributed by atoms with Crippen LogP contribution < -0.4 is 24.4 Å². The molecule has 24 heteroatoms. The van der Waals surface area contributed by atoms with Gasteiger partial charge in [0.05, 0.1) is 71.8 Å². The van der Waals surface area contributed by atoms with E-state index in [9.17, 15) is 54.9 Å². The highest BCUT2D eigenvalue weighted by Gasteiger charge is 2.62. The number of aromatic nitrogens is 2. The molecule has 14 nitrogen and oxygen atoms in total. The van der Waals surface area contributed by atoms with Crippen molar-refractivity contribution >= 4 is 40.4 Å². The van der Waals surface area contributed by atoms with Gasteiger partial charge in [-0.05, 0) is 179 Å². The van der Waals surface area contributed by atoms with Crippen molar-refractivity contribution in [2.75, 3.05) is 26.4 Å². The van der Waals surface area contributed by atoms with Gasteiger partial charge in [0, 0.05) is 64.8 Å². The molecular formula is C68H70BBrF8N2O12. The fraction of sp³-hybridized carbons (Fsp3) is 0.471. The number of halogens is 9. The predicted octanol–water partition coefficient (Wildman–Crippen LogP) is 13.5. The van der Waals surface area contributed by atoms with Gasteiger partial charge in [0.2, 0.25) is 11.8 Å². The predicted molar refractivity (Wildman–Crippen MR) is 324 cm³/mol. The Kier molecular flexibility index (Phi) is 18.7. The number of benzene rings is 4. The molecule has 6 atom stereocenters. The standard InChI is InChI=1S/C31H29F4NO5.C25H29BFNO5.C12H12BrF3O2/c1-2-39-29(37)28-22-12-18-13-26(36-15-23(18)27(22)28)41-16-19-11-17(3-6-25(19)32)21-5-4-20(14-24(21)31(33,34)35)40-10-9-30(38)7-8-30;1-6-30-23(29)22-17-10-14-11-20(28-12-18(14)21(17)22)31-13-15-9-16(7-8-19(15)27)26-32-24(2,3)25(4,5)33-26;13-10-2-1-8(7-9(10)12(14,15)16)18-6-5-11(17)3-4-11/h3-6,11,13-15,22,27-28,38H,2,7-10,12,16H2,1H3;7-9,11-12,17,21-22H,6,10,13H2,1-5H3;1-2,7,17H,3-6H2/t22-,27-,28+;17-,21-,22+;/m11./s1. The van der Waals surface area contributed by atoms with E-state index >= 15 is 0 Å². The van der Waals surface area contributed by atoms with Crippen molar-refractivity contribution in [3.8, 4) is 34.4 Å². The second kappa shape index (κ2) is 25.8. The van der Waals surface area contributed by atoms with Crippen molar-refractivity contribution in [3.63, 3.8) is 0 Å². The molecule has 0 radical (unpaired) electrons. The van der Waals surface area contributed by atoms with Crippen LogP contribution in [0.15, 0.2) is 102 Å². The van der Waals surface area contributed by atoms with Crippen LogP contribution in [0.2, 0.25) is 0 Å². The number of nitrogens with zero attached hydrogens (tertiary/aromatic N) is 2. The average Bonchev–Trinajstić information content (AvgIpc) is 1.57. The number of rotatable bonds is 20. The SMILES string of the molecule is CCOC(=O)[C@H]1[C@@H]2Cc3cc(OCc4cc(-c5ccc(OCCC6(O)CC6)cc5C(F)(F)F)ccc4F)ncc3[C@@H]21.CCOC(=O)[C@H]1[C@@H]2Cc3cc(OCc4cc(B5OC(C)(C)C(C)(C)O5)ccc4F)ncc3[C@@H]21.OC1(CCOc2ccc(Br)c(C(F)(F)F)c2)CC1. The lowest BCUT2D eigenvalue weighted by Crippen LogP contribution is -2.41. The number of ether oxygens (including phenoxy) is 6. The molecule has 4 aromatic carbocycles. The zero-order chi connectivity index (χ0) is 65.9. The third-order valence-electron chi connectivity index (χ3n) is 18.7. The molecule has 0 bridgehead atoms. The molecule has 6 aliphatic carbocycles. The number of fused-ring (bicyclic) bond motifs is 6. The van der Waals surface area contributed by atoms with Crippen molar-refractivity contribution in [1.29, 1.82) is 0 Å². The Morgan fingerprint density at radius 3 is 1.53 bits per heavy atom. The largest absolute Gasteiger partial charge is 0.494 e. The summed E-state index contributed by atoms with van der Waals surface area (Å²) in [6.07, 6.45) is -0.492. The normalized spacial score (nSPS) is 22.4. The highest BCUT2D eigenvalue weighted by Crippen LogP contribution is 2.63. The van der Waals surface area contributed by atoms with Gasteiger partial charge in [0.15, 0.2) is 0 Å². The van der Waals surface area contributed by atoms with E-state index in [-0.39, 0.29) is 112 Å². The molecule has 6 aromatic rings. The van der Waals surface area contributed by atoms with Crippen LogP contribution in [0.1, 0.15) is 136 Å². The monoisotopic (exact) mass is 1350 g/mol. The van der Waals surface area contributed by atoms with E-state index in [4.69, 9.17) is 37.7 Å². The van der Waals surface area contributed by atoms with Gasteiger partial charge < -0.3 is 47.9 Å². The Morgan fingerprint density at radius 1 is 0.609 bits per heavy atom. The number of hydrogen-bond acceptors (Lipinski definition) is 14. The van der Waals surface area contributed by atoms with Crippen molar-refractivity contribution in [2.45, 2.75) is 153 Å². The molecule has 92 heavy (non-hydrogen) atoms. The summed E-state index contributed by atoms with van der Waals surface area (Å²) < 4.78 is 154. The first kappa shape index (κ1) is 66.6. The van der Waals surface area contributed by atoms with Gasteiger partial charge in [-0.15, -0.1) is 0 Å². The van der Waals surface area contributed by atoms with Crippen molar-refractivity contribution < 1.29 is 92.7 Å². The molecule has 2 aromatic heterocycles. The van der Waals surface area contributed by atoms with Crippen molar-refractivity contribution in [3.05, 3.63) is 158 Å². The molecule has 4 saturated carbocycles. The smallest absolute Gasteiger partial charge is 0.493 e. The zero-order valence-corrected chi connectivity index (χ0v) is 53.0. The summed E-state index contributed by atoms with van der Waals surface area (Å²) in [5.74, 6) is 0.281. The van der Waals surface area contributed by atoms with Gasteiger partial charge in [-0.25, -0.2) is 18.7 Å². The number of esters is 2. The summed E-state index contributed by atoms with van der Waals surface area (Å²) in [5, 5.41) is 19.5. The molecule has 5 fully saturated rings. The molecular weight excluding hydrogens is 1280 g/mol. The molecule has 7 aliphatic rings. The highest BCUT2D eigenvalue weighted by atomic mass is 79.9. The Hall–Kier alpha value is -6.86. The molecule has 1 saturated heterocycles. The fourth-order valence-corrected chi connectivity index (χ4v) is 12.7. The molecule has 490 valence electrons. The lowest BCUT2D eigenvalue weighted by Gasteiger charge is -2.32. The molecule has 2 N–H and O–H groups in total. The van der Waals surface area contributed by atoms with E-state index in [1.54, 1.807) is 37.5 Å². The van der Waals surface area contributed by atoms with E-state index in [1.165, 1.54) is 42.5 Å². The lowest BCUT2D eigenvalue weighted by molar-refractivity contribution is -0.146. The second-order valence-corrected chi connectivity index (χ2v) is 26.5. The second-order valence-electron chi connectivity index (χ2n) is 25.6. The lowest BCUT2D eigenvalue weighted by atomic mass is 9.78. The number of aliphatic hydroxyl groups is 2. The summed E-state index contributed by atoms with van der Waals surface area (Å²) in [6, 6.07) is 19.7. The maximum Gasteiger partial charge on any atom is 0.494 e. The topological polar surface area (TPSA) is 174 Å². The number of hydrogen-bond donors (Lipinski definition) is 2. The number of carbonyl (C=O) groups is 2. The molecule has 13 rings (SSSR count). The average molecular weight is 1350 g/mol. The van der Waals surface area contributed by atoms with Gasteiger partial charge in [0.25, 0.3) is 0 Å². The van der Waals surface area contributed by atoms with Crippen LogP contribution in [0.25, 0.3) is 11.1 Å². The first-order chi connectivity index (χ1) is 43.5. The van der Waals surface area contributed by atoms with Gasteiger partial charge >= 0.3 is 31.4 Å². The number of pyridine rings is 2. The van der Waals surface area contributed by atoms with Crippen molar-refractivity contribution in [1.82, 2.24) is 9.97 Å². The van der Waals surface area contributed by atoms with Gasteiger partial charge in [-0.2, -0.15) is 26.3 Å². The van der Waals surface area contributed by atoms with Crippen LogP contribution in [-0.4, -0.2) is 88.1 Å². The first-order valence-electron chi connectivity index (χ1n) is 30.8. The van der Waals surface area contributed by atoms with Gasteiger partial charge in [-0.3, -0.25) is 9.59 Å². The van der Waals surface area contributed by atoms with Gasteiger partial charge in [0.1, 0.15) is 36.3 Å². The summed E-state index contributed by atoms with van der Waals surface area (Å²) in [5.41, 5.74) is 1.55. The molecule has 3 heterocycles. The van der Waals surface area contributed by atoms with Crippen LogP contribution in [-0.2, 0) is 66.8 Å². The van der Waals surface area contributed by atoms with E-state index in [0.29, 0.717) is 62.7 Å². The minimum atomic E-state index is -4.67. The number of alkyl halides is 6. The van der Waals surface area contributed by atoms with E-state index in [1.807, 2.05) is 40.7 Å². The maximum atomic E-state index is 14.7. The van der Waals surface area contributed by atoms with Crippen LogP contribution >= 0.6 is 15.9 Å². The molecule has 0 amide bonds. The maximum absolute atomic E-state index is 14.7. The van der Waals surface area contributed by atoms with Crippen LogP contribution in [0, 0.1) is 35.3 Å². The third-order valence-corrected chi connectivity index (χ3v) is 19.3. The summed E-state index contributed by atoms with van der Waals surface area (Å²) in [7, 11) is -0.563. The third kappa shape index (κ3) is 14.9. The fourth-order valence-electron chi connectivity index (χ4n) is 12.2. The van der Waals surface area contributed by atoms with E-state index in [2.05, 4.69) is 25.9 Å². The van der Waals surface area contributed by atoms with Crippen molar-refractivity contribution in [2.24, 2.45) is 23.7 Å². The van der Waals surface area contributed by atoms with Crippen LogP contribution in [0.3, 0.4) is 0 Å². The Bertz CT molecular complexity index is 3730. The van der Waals surface area contributed by atoms with E-state index in [0.717, 1.165) is 65.2 Å². The summed E-state index contributed by atoms with van der Waals surface area (Å²) in [6.45, 7) is 12.4. The Balaban J connectivity index is 0.000000152. The van der Waals surface area contributed by atoms with Crippen LogP contribution in [0.5, 0.6) is 23.3 Å². The number of carbonyl (C=O) groups excluding carboxylic acids is 2. The molecule has 1 aliphatic heterocycles. The minimum absolute atomic E-state index is 0.0110. The van der Waals surface area contributed by atoms with Gasteiger partial charge in [-0.1, -0.05) is 40.2 Å². The molecule has 0 spiro atoms. The Morgan fingerprint density at radius 2 is 1.07 bits per heavy atom. The highest BCUT2D eigenvalue weighted by molar-refractivity contribution is 9.10. The summed E-state index contributed by atoms with van der Waals surface area (Å²) >= 11 is 2.86. The summed E-state index contributed by atoms with van der Waals surface area (Å²) in [4.78, 5) is 32.9. The van der Waals surface area contributed by atoms with E-state index < -0.39 is 58.8 Å². The minimum Gasteiger partial charge on any atom is -0.493 e. The zero-order valence-electron chi connectivity index (χ0n) is 51.5. The van der Waals surface area contributed by atoms with Crippen LogP contribution in [0.4, 0.5) is 35.1 Å². The Labute approximate surface area is 535 Å².